The van der Waals surface area contributed by atoms with Gasteiger partial charge in [-0.1, -0.05) is 20.3 Å². The molecule has 0 aromatic heterocycles. The molecule has 24 heavy (non-hydrogen) atoms. The van der Waals surface area contributed by atoms with Crippen molar-refractivity contribution in [3.63, 3.8) is 0 Å². The van der Waals surface area contributed by atoms with Gasteiger partial charge < -0.3 is 16.2 Å². The summed E-state index contributed by atoms with van der Waals surface area (Å²) in [6.45, 7) is 6.56. The SMILES string of the molecule is CCC(C)C1NCC(=C(C)NNc2ccc(F)cc2)C1C(=O)C=O. The van der Waals surface area contributed by atoms with E-state index in [1.54, 1.807) is 12.1 Å². The van der Waals surface area contributed by atoms with Gasteiger partial charge in [-0.05, 0) is 42.7 Å². The highest BCUT2D eigenvalue weighted by Gasteiger charge is 2.39. The van der Waals surface area contributed by atoms with Crippen LogP contribution in [0.5, 0.6) is 0 Å². The van der Waals surface area contributed by atoms with Crippen LogP contribution in [0.4, 0.5) is 10.1 Å². The van der Waals surface area contributed by atoms with Crippen molar-refractivity contribution < 1.29 is 14.0 Å². The number of benzene rings is 1. The van der Waals surface area contributed by atoms with E-state index in [1.165, 1.54) is 12.1 Å². The molecule has 0 spiro atoms. The molecule has 1 aromatic carbocycles. The molecule has 6 heteroatoms. The highest BCUT2D eigenvalue weighted by molar-refractivity contribution is 6.27. The van der Waals surface area contributed by atoms with Crippen LogP contribution < -0.4 is 16.2 Å². The van der Waals surface area contributed by atoms with E-state index in [0.29, 0.717) is 18.5 Å². The Morgan fingerprint density at radius 1 is 1.42 bits per heavy atom. The quantitative estimate of drug-likeness (QED) is 0.406. The topological polar surface area (TPSA) is 70.2 Å². The average Bonchev–Trinajstić information content (AvgIpc) is 3.04. The van der Waals surface area contributed by atoms with E-state index in [1.807, 2.05) is 6.92 Å². The number of hydrazine groups is 1. The van der Waals surface area contributed by atoms with Crippen LogP contribution in [0.25, 0.3) is 0 Å². The zero-order valence-corrected chi connectivity index (χ0v) is 14.2. The third-order valence-corrected chi connectivity index (χ3v) is 4.66. The van der Waals surface area contributed by atoms with Gasteiger partial charge in [0, 0.05) is 18.3 Å². The number of ketones is 1. The Kier molecular flexibility index (Phi) is 6.09. The molecular formula is C18H24FN3O2. The van der Waals surface area contributed by atoms with E-state index in [-0.39, 0.29) is 17.8 Å². The molecule has 5 nitrogen and oxygen atoms in total. The zero-order valence-electron chi connectivity index (χ0n) is 14.2. The van der Waals surface area contributed by atoms with Crippen LogP contribution in [-0.2, 0) is 9.59 Å². The number of allylic oxidation sites excluding steroid dienone is 1. The molecular weight excluding hydrogens is 309 g/mol. The molecule has 3 N–H and O–H groups in total. The van der Waals surface area contributed by atoms with Crippen LogP contribution >= 0.6 is 0 Å². The van der Waals surface area contributed by atoms with E-state index in [0.717, 1.165) is 17.7 Å². The second-order valence-corrected chi connectivity index (χ2v) is 6.20. The van der Waals surface area contributed by atoms with Gasteiger partial charge in [0.1, 0.15) is 5.82 Å². The van der Waals surface area contributed by atoms with Crippen molar-refractivity contribution in [1.82, 2.24) is 10.7 Å². The Bertz CT molecular complexity index is 628. The summed E-state index contributed by atoms with van der Waals surface area (Å²) in [5.74, 6) is -0.860. The fourth-order valence-electron chi connectivity index (χ4n) is 3.02. The molecule has 2 rings (SSSR count). The van der Waals surface area contributed by atoms with E-state index >= 15 is 0 Å². The number of hydrogen-bond acceptors (Lipinski definition) is 5. The van der Waals surface area contributed by atoms with Gasteiger partial charge in [-0.2, -0.15) is 0 Å². The summed E-state index contributed by atoms with van der Waals surface area (Å²) in [5.41, 5.74) is 8.41. The van der Waals surface area contributed by atoms with Gasteiger partial charge in [-0.25, -0.2) is 4.39 Å². The lowest BCUT2D eigenvalue weighted by Crippen LogP contribution is -2.37. The lowest BCUT2D eigenvalue weighted by molar-refractivity contribution is -0.132. The molecule has 3 unspecified atom stereocenters. The van der Waals surface area contributed by atoms with Gasteiger partial charge in [-0.15, -0.1) is 0 Å². The summed E-state index contributed by atoms with van der Waals surface area (Å²) < 4.78 is 12.9. The lowest BCUT2D eigenvalue weighted by atomic mass is 9.83. The van der Waals surface area contributed by atoms with E-state index < -0.39 is 11.7 Å². The molecule has 1 aliphatic rings. The predicted molar refractivity (Wildman–Crippen MR) is 91.7 cm³/mol. The van der Waals surface area contributed by atoms with Gasteiger partial charge in [0.25, 0.3) is 0 Å². The van der Waals surface area contributed by atoms with Crippen LogP contribution in [0.3, 0.4) is 0 Å². The highest BCUT2D eigenvalue weighted by Crippen LogP contribution is 2.30. The Morgan fingerprint density at radius 2 is 2.08 bits per heavy atom. The third-order valence-electron chi connectivity index (χ3n) is 4.66. The minimum atomic E-state index is -0.444. The van der Waals surface area contributed by atoms with Crippen molar-refractivity contribution in [2.45, 2.75) is 33.2 Å². The number of rotatable bonds is 7. The summed E-state index contributed by atoms with van der Waals surface area (Å²) in [6, 6.07) is 5.92. The van der Waals surface area contributed by atoms with Crippen LogP contribution in [0, 0.1) is 17.7 Å². The van der Waals surface area contributed by atoms with Crippen molar-refractivity contribution in [2.24, 2.45) is 11.8 Å². The summed E-state index contributed by atoms with van der Waals surface area (Å²) >= 11 is 0. The van der Waals surface area contributed by atoms with Crippen molar-refractivity contribution >= 4 is 17.8 Å². The number of carbonyl (C=O) groups excluding carboxylic acids is 2. The summed E-state index contributed by atoms with van der Waals surface area (Å²) in [7, 11) is 0. The fraction of sp³-hybridized carbons (Fsp3) is 0.444. The maximum absolute atomic E-state index is 12.9. The Morgan fingerprint density at radius 3 is 2.67 bits per heavy atom. The average molecular weight is 333 g/mol. The fourth-order valence-corrected chi connectivity index (χ4v) is 3.02. The molecule has 3 atom stereocenters. The zero-order chi connectivity index (χ0) is 17.7. The number of Topliss-reactive ketones (excluding diaryl/α,β-unsaturated/α-hetero) is 1. The first kappa shape index (κ1) is 18.1. The van der Waals surface area contributed by atoms with E-state index in [4.69, 9.17) is 0 Å². The summed E-state index contributed by atoms with van der Waals surface area (Å²) in [6.07, 6.45) is 1.33. The van der Waals surface area contributed by atoms with Crippen molar-refractivity contribution in [3.05, 3.63) is 41.4 Å². The molecule has 1 aliphatic heterocycles. The van der Waals surface area contributed by atoms with E-state index in [2.05, 4.69) is 30.0 Å². The van der Waals surface area contributed by atoms with Crippen LogP contribution in [0.15, 0.2) is 35.5 Å². The molecule has 1 heterocycles. The van der Waals surface area contributed by atoms with E-state index in [9.17, 15) is 14.0 Å². The van der Waals surface area contributed by atoms with Crippen LogP contribution in [0.1, 0.15) is 27.2 Å². The molecule has 1 saturated heterocycles. The first-order valence-corrected chi connectivity index (χ1v) is 8.17. The number of carbonyl (C=O) groups is 2. The van der Waals surface area contributed by atoms with Gasteiger partial charge in [-0.3, -0.25) is 9.59 Å². The van der Waals surface area contributed by atoms with Crippen LogP contribution in [0.2, 0.25) is 0 Å². The molecule has 1 aromatic rings. The molecule has 0 bridgehead atoms. The Balaban J connectivity index is 2.16. The number of aldehydes is 1. The lowest BCUT2D eigenvalue weighted by Gasteiger charge is -2.24. The minimum Gasteiger partial charge on any atom is -0.309 e. The Hall–Kier alpha value is -2.21. The Labute approximate surface area is 141 Å². The highest BCUT2D eigenvalue weighted by atomic mass is 19.1. The maximum Gasteiger partial charge on any atom is 0.203 e. The first-order chi connectivity index (χ1) is 11.5. The molecule has 0 amide bonds. The monoisotopic (exact) mass is 333 g/mol. The molecule has 0 saturated carbocycles. The number of hydrogen-bond donors (Lipinski definition) is 3. The van der Waals surface area contributed by atoms with Crippen molar-refractivity contribution in [2.75, 3.05) is 12.0 Å². The molecule has 0 radical (unpaired) electrons. The largest absolute Gasteiger partial charge is 0.309 e. The van der Waals surface area contributed by atoms with Gasteiger partial charge in [0.05, 0.1) is 11.6 Å². The summed E-state index contributed by atoms with van der Waals surface area (Å²) in [5, 5.41) is 3.35. The van der Waals surface area contributed by atoms with Crippen LogP contribution in [-0.4, -0.2) is 24.7 Å². The molecule has 0 aliphatic carbocycles. The van der Waals surface area contributed by atoms with Gasteiger partial charge in [0.2, 0.25) is 5.78 Å². The predicted octanol–water partition coefficient (Wildman–Crippen LogP) is 2.42. The second kappa shape index (κ2) is 8.06. The first-order valence-electron chi connectivity index (χ1n) is 8.17. The van der Waals surface area contributed by atoms with Gasteiger partial charge >= 0.3 is 0 Å². The second-order valence-electron chi connectivity index (χ2n) is 6.20. The number of nitrogens with one attached hydrogen (secondary N) is 3. The van der Waals surface area contributed by atoms with Crippen molar-refractivity contribution in [1.29, 1.82) is 0 Å². The number of halogens is 1. The van der Waals surface area contributed by atoms with Gasteiger partial charge in [0.15, 0.2) is 6.29 Å². The summed E-state index contributed by atoms with van der Waals surface area (Å²) in [4.78, 5) is 23.2. The normalized spacial score (nSPS) is 23.5. The molecule has 1 fully saturated rings. The third kappa shape index (κ3) is 4.00. The standard InChI is InChI=1S/C18H24FN3O2/c1-4-11(2)18-17(16(24)10-23)15(9-20-18)12(3)21-22-14-7-5-13(19)6-8-14/h5-8,10-11,17-18,20-22H,4,9H2,1-3H3. The smallest absolute Gasteiger partial charge is 0.203 e. The van der Waals surface area contributed by atoms with Crippen molar-refractivity contribution in [3.8, 4) is 0 Å². The number of anilines is 1. The molecule has 130 valence electrons. The minimum absolute atomic E-state index is 0.0368. The maximum atomic E-state index is 12.9.